The zero-order valence-electron chi connectivity index (χ0n) is 14.6. The Kier molecular flexibility index (Phi) is 4.36. The van der Waals surface area contributed by atoms with Crippen molar-refractivity contribution in [3.63, 3.8) is 0 Å². The van der Waals surface area contributed by atoms with Crippen LogP contribution in [0.25, 0.3) is 5.57 Å². The predicted octanol–water partition coefficient (Wildman–Crippen LogP) is 4.04. The van der Waals surface area contributed by atoms with Gasteiger partial charge in [-0.2, -0.15) is 5.10 Å². The average molecular weight is 353 g/mol. The molecular formula is C19H20FN5O. The maximum Gasteiger partial charge on any atom is 0.184 e. The first-order valence-electron chi connectivity index (χ1n) is 8.86. The molecule has 0 atom stereocenters. The molecular weight excluding hydrogens is 333 g/mol. The van der Waals surface area contributed by atoms with Crippen LogP contribution in [0.5, 0.6) is 0 Å². The number of hydrogen-bond donors (Lipinski definition) is 2. The van der Waals surface area contributed by atoms with Gasteiger partial charge in [0.15, 0.2) is 29.1 Å². The van der Waals surface area contributed by atoms with Crippen molar-refractivity contribution >= 4 is 23.0 Å². The number of ketones is 1. The zero-order chi connectivity index (χ0) is 18.1. The first-order valence-corrected chi connectivity index (χ1v) is 8.86. The van der Waals surface area contributed by atoms with Gasteiger partial charge in [0, 0.05) is 17.7 Å². The Morgan fingerprint density at radius 2 is 2.15 bits per heavy atom. The molecule has 0 aromatic carbocycles. The first kappa shape index (κ1) is 16.6. The SMILES string of the molecule is CC(=O)C1=CC=C(c2ncc(F)c(Nc3cc(C4CC4)[nH]n3)n2)CCC1. The Labute approximate surface area is 150 Å². The highest BCUT2D eigenvalue weighted by atomic mass is 19.1. The van der Waals surface area contributed by atoms with Gasteiger partial charge in [0.2, 0.25) is 0 Å². The number of H-pyrrole nitrogens is 1. The van der Waals surface area contributed by atoms with E-state index < -0.39 is 5.82 Å². The molecule has 2 aromatic heterocycles. The van der Waals surface area contributed by atoms with E-state index >= 15 is 0 Å². The van der Waals surface area contributed by atoms with Gasteiger partial charge in [0.25, 0.3) is 0 Å². The summed E-state index contributed by atoms with van der Waals surface area (Å²) < 4.78 is 14.1. The minimum absolute atomic E-state index is 0.0786. The van der Waals surface area contributed by atoms with E-state index in [1.165, 1.54) is 6.20 Å². The third-order valence-corrected chi connectivity index (χ3v) is 4.72. The van der Waals surface area contributed by atoms with E-state index in [1.54, 1.807) is 6.92 Å². The third kappa shape index (κ3) is 3.56. The largest absolute Gasteiger partial charge is 0.321 e. The number of allylic oxidation sites excluding steroid dienone is 4. The van der Waals surface area contributed by atoms with Crippen molar-refractivity contribution in [3.8, 4) is 0 Å². The normalized spacial score (nSPS) is 17.3. The number of halogens is 1. The molecule has 2 aliphatic carbocycles. The second-order valence-corrected chi connectivity index (χ2v) is 6.79. The number of carbonyl (C=O) groups excluding carboxylic acids is 1. The summed E-state index contributed by atoms with van der Waals surface area (Å²) in [6.45, 7) is 1.57. The molecule has 0 bridgehead atoms. The topological polar surface area (TPSA) is 83.6 Å². The lowest BCUT2D eigenvalue weighted by atomic mass is 10.1. The molecule has 0 unspecified atom stereocenters. The molecule has 26 heavy (non-hydrogen) atoms. The molecule has 7 heteroatoms. The molecule has 0 aliphatic heterocycles. The van der Waals surface area contributed by atoms with Crippen molar-refractivity contribution in [1.82, 2.24) is 20.2 Å². The summed E-state index contributed by atoms with van der Waals surface area (Å²) in [7, 11) is 0. The maximum atomic E-state index is 14.1. The Hall–Kier alpha value is -2.83. The van der Waals surface area contributed by atoms with Crippen molar-refractivity contribution in [2.45, 2.75) is 44.9 Å². The summed E-state index contributed by atoms with van der Waals surface area (Å²) in [6, 6.07) is 1.89. The number of rotatable bonds is 5. The molecule has 2 N–H and O–H groups in total. The highest BCUT2D eigenvalue weighted by molar-refractivity contribution is 5.94. The van der Waals surface area contributed by atoms with Gasteiger partial charge in [-0.15, -0.1) is 0 Å². The van der Waals surface area contributed by atoms with E-state index in [9.17, 15) is 9.18 Å². The lowest BCUT2D eigenvalue weighted by Gasteiger charge is -2.08. The van der Waals surface area contributed by atoms with Gasteiger partial charge >= 0.3 is 0 Å². The van der Waals surface area contributed by atoms with Crippen LogP contribution in [0.1, 0.15) is 56.5 Å². The van der Waals surface area contributed by atoms with Crippen molar-refractivity contribution in [3.05, 3.63) is 47.3 Å². The molecule has 0 spiro atoms. The number of nitrogens with one attached hydrogen (secondary N) is 2. The van der Waals surface area contributed by atoms with Crippen molar-refractivity contribution < 1.29 is 9.18 Å². The second kappa shape index (κ2) is 6.82. The Balaban J connectivity index is 1.58. The van der Waals surface area contributed by atoms with Crippen molar-refractivity contribution in [2.75, 3.05) is 5.32 Å². The maximum absolute atomic E-state index is 14.1. The van der Waals surface area contributed by atoms with Crippen LogP contribution in [0.3, 0.4) is 0 Å². The van der Waals surface area contributed by atoms with Crippen LogP contribution in [0.2, 0.25) is 0 Å². The summed E-state index contributed by atoms with van der Waals surface area (Å²) >= 11 is 0. The van der Waals surface area contributed by atoms with Crippen LogP contribution in [0, 0.1) is 5.82 Å². The number of hydrogen-bond acceptors (Lipinski definition) is 5. The predicted molar refractivity (Wildman–Crippen MR) is 96.4 cm³/mol. The summed E-state index contributed by atoms with van der Waals surface area (Å²) in [6.07, 6.45) is 9.49. The van der Waals surface area contributed by atoms with Crippen LogP contribution in [0.4, 0.5) is 16.0 Å². The van der Waals surface area contributed by atoms with Gasteiger partial charge in [-0.25, -0.2) is 14.4 Å². The average Bonchev–Trinajstić information content (AvgIpc) is 3.41. The molecule has 6 nitrogen and oxygen atoms in total. The highest BCUT2D eigenvalue weighted by Gasteiger charge is 2.25. The van der Waals surface area contributed by atoms with E-state index in [0.29, 0.717) is 17.6 Å². The molecule has 0 saturated heterocycles. The number of aromatic nitrogens is 4. The fraction of sp³-hybridized carbons (Fsp3) is 0.368. The quantitative estimate of drug-likeness (QED) is 0.847. The van der Waals surface area contributed by atoms with E-state index in [-0.39, 0.29) is 11.6 Å². The molecule has 2 aliphatic rings. The van der Waals surface area contributed by atoms with Gasteiger partial charge < -0.3 is 5.32 Å². The monoisotopic (exact) mass is 353 g/mol. The second-order valence-electron chi connectivity index (χ2n) is 6.79. The fourth-order valence-electron chi connectivity index (χ4n) is 3.05. The minimum atomic E-state index is -0.529. The fourth-order valence-corrected chi connectivity index (χ4v) is 3.05. The minimum Gasteiger partial charge on any atom is -0.321 e. The van der Waals surface area contributed by atoms with E-state index in [4.69, 9.17) is 0 Å². The first-order chi connectivity index (χ1) is 12.6. The summed E-state index contributed by atoms with van der Waals surface area (Å²) in [5.41, 5.74) is 2.75. The Bertz CT molecular complexity index is 910. The van der Waals surface area contributed by atoms with Gasteiger partial charge in [-0.1, -0.05) is 12.2 Å². The van der Waals surface area contributed by atoms with Crippen LogP contribution >= 0.6 is 0 Å². The standard InChI is InChI=1S/C19H20FN5O/c1-11(26)12-3-2-4-14(8-5-12)18-21-10-15(20)19(23-18)22-17-9-16(24-25-17)13-6-7-13/h5,8-10,13H,2-4,6-7H2,1H3,(H2,21,22,23,24,25). The Morgan fingerprint density at radius 3 is 2.92 bits per heavy atom. The van der Waals surface area contributed by atoms with Gasteiger partial charge in [-0.3, -0.25) is 9.89 Å². The van der Waals surface area contributed by atoms with Crippen LogP contribution in [-0.4, -0.2) is 25.9 Å². The summed E-state index contributed by atoms with van der Waals surface area (Å²) in [5.74, 6) is 1.21. The molecule has 134 valence electrons. The van der Waals surface area contributed by atoms with Gasteiger partial charge in [0.05, 0.1) is 6.20 Å². The van der Waals surface area contributed by atoms with Crippen molar-refractivity contribution in [1.29, 1.82) is 0 Å². The molecule has 0 radical (unpaired) electrons. The lowest BCUT2D eigenvalue weighted by Crippen LogP contribution is -2.03. The molecule has 0 amide bonds. The van der Waals surface area contributed by atoms with E-state index in [1.807, 2.05) is 18.2 Å². The summed E-state index contributed by atoms with van der Waals surface area (Å²) in [4.78, 5) is 20.0. The number of carbonyl (C=O) groups is 1. The number of Topliss-reactive ketones (excluding diaryl/α,β-unsaturated/α-hetero) is 1. The number of nitrogens with zero attached hydrogens (tertiary/aromatic N) is 3. The lowest BCUT2D eigenvalue weighted by molar-refractivity contribution is -0.113. The molecule has 2 aromatic rings. The number of anilines is 2. The highest BCUT2D eigenvalue weighted by Crippen LogP contribution is 2.39. The van der Waals surface area contributed by atoms with Gasteiger partial charge in [-0.05, 0) is 50.2 Å². The Morgan fingerprint density at radius 1 is 1.31 bits per heavy atom. The van der Waals surface area contributed by atoms with E-state index in [0.717, 1.165) is 48.9 Å². The van der Waals surface area contributed by atoms with Crippen molar-refractivity contribution in [2.24, 2.45) is 0 Å². The molecule has 4 rings (SSSR count). The third-order valence-electron chi connectivity index (χ3n) is 4.72. The van der Waals surface area contributed by atoms with Gasteiger partial charge in [0.1, 0.15) is 0 Å². The summed E-state index contributed by atoms with van der Waals surface area (Å²) in [5, 5.41) is 10.1. The van der Waals surface area contributed by atoms with Crippen LogP contribution < -0.4 is 5.32 Å². The van der Waals surface area contributed by atoms with E-state index in [2.05, 4.69) is 25.5 Å². The van der Waals surface area contributed by atoms with Crippen LogP contribution in [0.15, 0.2) is 30.0 Å². The smallest absolute Gasteiger partial charge is 0.184 e. The van der Waals surface area contributed by atoms with Crippen LogP contribution in [-0.2, 0) is 4.79 Å². The molecule has 1 fully saturated rings. The molecule has 2 heterocycles. The number of aromatic amines is 1. The molecule has 1 saturated carbocycles. The zero-order valence-corrected chi connectivity index (χ0v) is 14.6.